The Morgan fingerprint density at radius 1 is 1.13 bits per heavy atom. The van der Waals surface area contributed by atoms with E-state index in [4.69, 9.17) is 29.2 Å². The van der Waals surface area contributed by atoms with Crippen LogP contribution in [0, 0.1) is 5.82 Å². The second kappa shape index (κ2) is 9.56. The van der Waals surface area contributed by atoms with Gasteiger partial charge in [-0.3, -0.25) is 15.8 Å². The number of ether oxygens (including phenoxy) is 1. The average Bonchev–Trinajstić information content (AvgIpc) is 2.56. The summed E-state index contributed by atoms with van der Waals surface area (Å²) in [6.45, 7) is 5.05. The number of para-hydroxylation sites is 1. The van der Waals surface area contributed by atoms with E-state index in [1.54, 1.807) is 18.2 Å². The van der Waals surface area contributed by atoms with Gasteiger partial charge < -0.3 is 15.4 Å². The van der Waals surface area contributed by atoms with Crippen molar-refractivity contribution in [3.8, 4) is 0 Å². The van der Waals surface area contributed by atoms with Gasteiger partial charge in [0, 0.05) is 26.2 Å². The Labute approximate surface area is 145 Å². The van der Waals surface area contributed by atoms with Gasteiger partial charge in [0.25, 0.3) is 0 Å². The predicted molar refractivity (Wildman–Crippen MR) is 96.8 cm³/mol. The fourth-order valence-corrected chi connectivity index (χ4v) is 2.34. The highest BCUT2D eigenvalue weighted by Gasteiger charge is 2.09. The molecule has 0 aromatic heterocycles. The number of rotatable bonds is 4. The lowest BCUT2D eigenvalue weighted by Crippen LogP contribution is -2.50. The Bertz CT molecular complexity index is 540. The molecule has 1 aliphatic rings. The summed E-state index contributed by atoms with van der Waals surface area (Å²) in [7, 11) is 0. The Morgan fingerprint density at radius 3 is 2.57 bits per heavy atom. The van der Waals surface area contributed by atoms with Gasteiger partial charge in [-0.1, -0.05) is 12.1 Å². The number of hydrogen-bond donors (Lipinski definition) is 4. The van der Waals surface area contributed by atoms with E-state index >= 15 is 0 Å². The van der Waals surface area contributed by atoms with Crippen LogP contribution in [0.3, 0.4) is 0 Å². The largest absolute Gasteiger partial charge is 0.379 e. The van der Waals surface area contributed by atoms with E-state index in [0.29, 0.717) is 10.8 Å². The van der Waals surface area contributed by atoms with Crippen LogP contribution in [0.4, 0.5) is 10.1 Å². The quantitative estimate of drug-likeness (QED) is 0.467. The summed E-state index contributed by atoms with van der Waals surface area (Å²) in [5, 5.41) is 6.48. The SMILES string of the molecule is Fc1ccccc1NC(=S)NNC(=S)NCCN1CCOCC1. The van der Waals surface area contributed by atoms with Crippen LogP contribution >= 0.6 is 24.4 Å². The van der Waals surface area contributed by atoms with Crippen molar-refractivity contribution in [2.24, 2.45) is 0 Å². The fourth-order valence-electron chi connectivity index (χ4n) is 2.03. The van der Waals surface area contributed by atoms with Gasteiger partial charge in [0.15, 0.2) is 10.2 Å². The van der Waals surface area contributed by atoms with Crippen molar-refractivity contribution in [2.45, 2.75) is 0 Å². The van der Waals surface area contributed by atoms with Crippen LogP contribution in [0.5, 0.6) is 0 Å². The van der Waals surface area contributed by atoms with Crippen molar-refractivity contribution in [3.05, 3.63) is 30.1 Å². The van der Waals surface area contributed by atoms with Crippen molar-refractivity contribution in [2.75, 3.05) is 44.7 Å². The third kappa shape index (κ3) is 6.61. The van der Waals surface area contributed by atoms with Crippen LogP contribution < -0.4 is 21.5 Å². The molecule has 6 nitrogen and oxygen atoms in total. The van der Waals surface area contributed by atoms with Gasteiger partial charge >= 0.3 is 0 Å². The van der Waals surface area contributed by atoms with Gasteiger partial charge in [-0.15, -0.1) is 0 Å². The minimum absolute atomic E-state index is 0.229. The molecular weight excluding hydrogens is 337 g/mol. The molecule has 1 saturated heterocycles. The van der Waals surface area contributed by atoms with Crippen molar-refractivity contribution in [1.29, 1.82) is 0 Å². The molecule has 0 aliphatic carbocycles. The number of halogens is 1. The number of nitrogens with zero attached hydrogens (tertiary/aromatic N) is 1. The molecule has 0 atom stereocenters. The Kier molecular flexibility index (Phi) is 7.40. The molecule has 0 saturated carbocycles. The molecule has 0 bridgehead atoms. The van der Waals surface area contributed by atoms with Crippen molar-refractivity contribution in [3.63, 3.8) is 0 Å². The minimum Gasteiger partial charge on any atom is -0.379 e. The second-order valence-corrected chi connectivity index (χ2v) is 5.71. The molecule has 9 heteroatoms. The van der Waals surface area contributed by atoms with Gasteiger partial charge in [-0.25, -0.2) is 4.39 Å². The number of anilines is 1. The van der Waals surface area contributed by atoms with E-state index in [1.165, 1.54) is 6.07 Å². The highest BCUT2D eigenvalue weighted by Crippen LogP contribution is 2.11. The van der Waals surface area contributed by atoms with Crippen molar-refractivity contribution < 1.29 is 9.13 Å². The van der Waals surface area contributed by atoms with E-state index in [0.717, 1.165) is 39.4 Å². The summed E-state index contributed by atoms with van der Waals surface area (Å²) in [5.41, 5.74) is 5.78. The average molecular weight is 357 g/mol. The maximum atomic E-state index is 13.5. The molecule has 4 N–H and O–H groups in total. The van der Waals surface area contributed by atoms with Gasteiger partial charge in [0.2, 0.25) is 0 Å². The third-order valence-electron chi connectivity index (χ3n) is 3.23. The second-order valence-electron chi connectivity index (χ2n) is 4.89. The van der Waals surface area contributed by atoms with Crippen molar-refractivity contribution >= 4 is 40.3 Å². The summed E-state index contributed by atoms with van der Waals surface area (Å²) in [5.74, 6) is -0.372. The maximum absolute atomic E-state index is 13.5. The zero-order chi connectivity index (χ0) is 16.5. The standard InChI is InChI=1S/C14H20FN5OS2/c15-11-3-1-2-4-12(11)17-14(23)19-18-13(22)16-5-6-20-7-9-21-10-8-20/h1-4H,5-10H2,(H2,16,18,22)(H2,17,19,23). The number of benzene rings is 1. The zero-order valence-electron chi connectivity index (χ0n) is 12.6. The molecule has 1 aromatic carbocycles. The molecule has 2 rings (SSSR count). The molecule has 1 fully saturated rings. The first-order valence-electron chi connectivity index (χ1n) is 7.30. The molecule has 0 unspecified atom stereocenters. The van der Waals surface area contributed by atoms with E-state index in [-0.39, 0.29) is 10.9 Å². The van der Waals surface area contributed by atoms with E-state index in [9.17, 15) is 4.39 Å². The third-order valence-corrected chi connectivity index (χ3v) is 3.68. The Morgan fingerprint density at radius 2 is 1.83 bits per heavy atom. The van der Waals surface area contributed by atoms with Crippen LogP contribution in [0.15, 0.2) is 24.3 Å². The first kappa shape index (κ1) is 17.8. The zero-order valence-corrected chi connectivity index (χ0v) is 14.2. The predicted octanol–water partition coefficient (Wildman–Crippen LogP) is 0.823. The highest BCUT2D eigenvalue weighted by molar-refractivity contribution is 7.80. The molecule has 1 heterocycles. The number of nitrogens with one attached hydrogen (secondary N) is 4. The molecule has 0 amide bonds. The summed E-state index contributed by atoms with van der Waals surface area (Å²) in [6, 6.07) is 6.29. The molecular formula is C14H20FN5OS2. The monoisotopic (exact) mass is 357 g/mol. The molecule has 1 aromatic rings. The van der Waals surface area contributed by atoms with Crippen LogP contribution in [0.2, 0.25) is 0 Å². The number of thiocarbonyl (C=S) groups is 2. The first-order valence-corrected chi connectivity index (χ1v) is 8.12. The lowest BCUT2D eigenvalue weighted by Gasteiger charge is -2.26. The normalized spacial score (nSPS) is 14.8. The van der Waals surface area contributed by atoms with Gasteiger partial charge in [0.1, 0.15) is 5.82 Å². The maximum Gasteiger partial charge on any atom is 0.189 e. The van der Waals surface area contributed by atoms with Crippen molar-refractivity contribution in [1.82, 2.24) is 21.1 Å². The number of morpholine rings is 1. The number of hydrazine groups is 1. The summed E-state index contributed by atoms with van der Waals surface area (Å²) in [6.07, 6.45) is 0. The van der Waals surface area contributed by atoms with Gasteiger partial charge in [-0.05, 0) is 36.6 Å². The molecule has 126 valence electrons. The number of hydrogen-bond acceptors (Lipinski definition) is 4. The smallest absolute Gasteiger partial charge is 0.189 e. The minimum atomic E-state index is -0.372. The van der Waals surface area contributed by atoms with Crippen LogP contribution in [0.25, 0.3) is 0 Å². The fraction of sp³-hybridized carbons (Fsp3) is 0.429. The van der Waals surface area contributed by atoms with Gasteiger partial charge in [-0.2, -0.15) is 0 Å². The molecule has 0 radical (unpaired) electrons. The van der Waals surface area contributed by atoms with E-state index < -0.39 is 0 Å². The Hall–Kier alpha value is -1.55. The summed E-state index contributed by atoms with van der Waals surface area (Å²) in [4.78, 5) is 2.30. The van der Waals surface area contributed by atoms with Crippen LogP contribution in [0.1, 0.15) is 0 Å². The molecule has 0 spiro atoms. The van der Waals surface area contributed by atoms with E-state index in [2.05, 4.69) is 26.4 Å². The van der Waals surface area contributed by atoms with Crippen LogP contribution in [-0.4, -0.2) is 54.5 Å². The summed E-state index contributed by atoms with van der Waals surface area (Å²) < 4.78 is 18.8. The molecule has 23 heavy (non-hydrogen) atoms. The molecule has 1 aliphatic heterocycles. The van der Waals surface area contributed by atoms with Gasteiger partial charge in [0.05, 0.1) is 18.9 Å². The lowest BCUT2D eigenvalue weighted by atomic mass is 10.3. The highest BCUT2D eigenvalue weighted by atomic mass is 32.1. The van der Waals surface area contributed by atoms with E-state index in [1.807, 2.05) is 0 Å². The topological polar surface area (TPSA) is 60.6 Å². The lowest BCUT2D eigenvalue weighted by molar-refractivity contribution is 0.0389. The van der Waals surface area contributed by atoms with Crippen LogP contribution in [-0.2, 0) is 4.74 Å². The summed E-state index contributed by atoms with van der Waals surface area (Å²) >= 11 is 10.2. The first-order chi connectivity index (χ1) is 11.1. The Balaban J connectivity index is 1.60.